The molecular formula is C9H13NS. The summed E-state index contributed by atoms with van der Waals surface area (Å²) >= 11 is 1.76. The first-order valence-corrected chi connectivity index (χ1v) is 4.69. The highest BCUT2D eigenvalue weighted by Crippen LogP contribution is 2.19. The molecule has 2 heteroatoms. The van der Waals surface area contributed by atoms with Crippen LogP contribution in [0.3, 0.4) is 0 Å². The minimum absolute atomic E-state index is 0.973. The van der Waals surface area contributed by atoms with Crippen molar-refractivity contribution in [3.63, 3.8) is 0 Å². The molecule has 0 saturated carbocycles. The third kappa shape index (κ3) is 2.24. The first-order valence-electron chi connectivity index (χ1n) is 3.70. The molecule has 0 atom stereocenters. The van der Waals surface area contributed by atoms with Gasteiger partial charge in [-0.15, -0.1) is 0 Å². The topological polar surface area (TPSA) is 12.0 Å². The van der Waals surface area contributed by atoms with Gasteiger partial charge in [-0.2, -0.15) is 0 Å². The molecule has 1 aliphatic heterocycles. The molecule has 1 rings (SSSR count). The van der Waals surface area contributed by atoms with Crippen molar-refractivity contribution in [1.29, 1.82) is 0 Å². The molecule has 1 aliphatic rings. The van der Waals surface area contributed by atoms with Crippen LogP contribution in [0.25, 0.3) is 0 Å². The van der Waals surface area contributed by atoms with Gasteiger partial charge in [0.15, 0.2) is 0 Å². The molecule has 1 heterocycles. The van der Waals surface area contributed by atoms with Crippen molar-refractivity contribution in [2.45, 2.75) is 6.92 Å². The highest BCUT2D eigenvalue weighted by atomic mass is 32.2. The van der Waals surface area contributed by atoms with E-state index in [0.29, 0.717) is 0 Å². The SMILES string of the molecule is C=C/C=C1/CSNC/C1=C/C. The van der Waals surface area contributed by atoms with Crippen LogP contribution in [0, 0.1) is 0 Å². The highest BCUT2D eigenvalue weighted by molar-refractivity contribution is 7.97. The van der Waals surface area contributed by atoms with E-state index in [4.69, 9.17) is 0 Å². The first-order chi connectivity index (χ1) is 5.38. The number of hydrogen-bond acceptors (Lipinski definition) is 2. The predicted molar refractivity (Wildman–Crippen MR) is 52.5 cm³/mol. The molecule has 0 unspecified atom stereocenters. The minimum atomic E-state index is 0.973. The second-order valence-electron chi connectivity index (χ2n) is 2.35. The van der Waals surface area contributed by atoms with Gasteiger partial charge in [0.1, 0.15) is 0 Å². The fraction of sp³-hybridized carbons (Fsp3) is 0.333. The van der Waals surface area contributed by atoms with Crippen LogP contribution in [0.2, 0.25) is 0 Å². The smallest absolute Gasteiger partial charge is 0.0333 e. The molecule has 60 valence electrons. The standard InChI is InChI=1S/C9H13NS/c1-3-5-9-7-11-10-6-8(9)4-2/h3-5,10H,1,6-7H2,2H3/b8-4-,9-5-. The van der Waals surface area contributed by atoms with E-state index in [1.165, 1.54) is 11.1 Å². The van der Waals surface area contributed by atoms with Gasteiger partial charge in [-0.3, -0.25) is 4.72 Å². The molecule has 0 radical (unpaired) electrons. The zero-order valence-corrected chi connectivity index (χ0v) is 7.58. The molecule has 0 spiro atoms. The molecule has 0 aromatic carbocycles. The lowest BCUT2D eigenvalue weighted by atomic mass is 10.1. The van der Waals surface area contributed by atoms with Gasteiger partial charge in [0.25, 0.3) is 0 Å². The first kappa shape index (κ1) is 8.62. The van der Waals surface area contributed by atoms with E-state index in [2.05, 4.69) is 30.4 Å². The molecule has 0 aromatic heterocycles. The van der Waals surface area contributed by atoms with E-state index in [1.807, 2.05) is 6.08 Å². The van der Waals surface area contributed by atoms with E-state index < -0.39 is 0 Å². The van der Waals surface area contributed by atoms with E-state index in [-0.39, 0.29) is 0 Å². The van der Waals surface area contributed by atoms with Crippen molar-refractivity contribution < 1.29 is 0 Å². The van der Waals surface area contributed by atoms with Gasteiger partial charge in [-0.1, -0.05) is 36.8 Å². The Labute approximate surface area is 72.4 Å². The van der Waals surface area contributed by atoms with E-state index in [1.54, 1.807) is 11.9 Å². The lowest BCUT2D eigenvalue weighted by molar-refractivity contribution is 1.02. The maximum absolute atomic E-state index is 3.69. The third-order valence-corrected chi connectivity index (χ3v) is 2.48. The summed E-state index contributed by atoms with van der Waals surface area (Å²) in [6.07, 6.45) is 6.09. The minimum Gasteiger partial charge on any atom is -0.259 e. The summed E-state index contributed by atoms with van der Waals surface area (Å²) in [4.78, 5) is 0. The number of rotatable bonds is 1. The number of nitrogens with one attached hydrogen (secondary N) is 1. The summed E-state index contributed by atoms with van der Waals surface area (Å²) in [5, 5.41) is 0. The summed E-state index contributed by atoms with van der Waals surface area (Å²) in [7, 11) is 0. The maximum atomic E-state index is 3.69. The number of hydrogen-bond donors (Lipinski definition) is 1. The molecule has 1 N–H and O–H groups in total. The Kier molecular flexibility index (Phi) is 3.46. The molecule has 1 fully saturated rings. The third-order valence-electron chi connectivity index (χ3n) is 1.67. The molecule has 1 saturated heterocycles. The molecule has 0 aliphatic carbocycles. The van der Waals surface area contributed by atoms with Crippen molar-refractivity contribution in [2.75, 3.05) is 12.3 Å². The van der Waals surface area contributed by atoms with Gasteiger partial charge < -0.3 is 0 Å². The van der Waals surface area contributed by atoms with E-state index in [9.17, 15) is 0 Å². The summed E-state index contributed by atoms with van der Waals surface area (Å²) in [5.41, 5.74) is 2.79. The largest absolute Gasteiger partial charge is 0.259 e. The lowest BCUT2D eigenvalue weighted by Crippen LogP contribution is -2.18. The Hall–Kier alpha value is -0.470. The van der Waals surface area contributed by atoms with Crippen molar-refractivity contribution in [2.24, 2.45) is 0 Å². The zero-order chi connectivity index (χ0) is 8.10. The highest BCUT2D eigenvalue weighted by Gasteiger charge is 2.08. The summed E-state index contributed by atoms with van der Waals surface area (Å²) in [5.74, 6) is 1.05. The summed E-state index contributed by atoms with van der Waals surface area (Å²) < 4.78 is 3.25. The molecule has 0 amide bonds. The van der Waals surface area contributed by atoms with Gasteiger partial charge in [-0.05, 0) is 18.1 Å². The average Bonchev–Trinajstić information content (AvgIpc) is 2.06. The fourth-order valence-corrected chi connectivity index (χ4v) is 1.85. The monoisotopic (exact) mass is 167 g/mol. The van der Waals surface area contributed by atoms with Gasteiger partial charge >= 0.3 is 0 Å². The molecule has 11 heavy (non-hydrogen) atoms. The van der Waals surface area contributed by atoms with Crippen LogP contribution in [0.15, 0.2) is 36.0 Å². The van der Waals surface area contributed by atoms with Crippen molar-refractivity contribution in [1.82, 2.24) is 4.72 Å². The van der Waals surface area contributed by atoms with Crippen LogP contribution in [0.5, 0.6) is 0 Å². The summed E-state index contributed by atoms with van der Waals surface area (Å²) in [6.45, 7) is 6.74. The second kappa shape index (κ2) is 4.42. The van der Waals surface area contributed by atoms with E-state index >= 15 is 0 Å². The Bertz CT molecular complexity index is 204. The van der Waals surface area contributed by atoms with Gasteiger partial charge in [0.05, 0.1) is 0 Å². The Morgan fingerprint density at radius 2 is 2.36 bits per heavy atom. The molecule has 0 aromatic rings. The molecule has 1 nitrogen and oxygen atoms in total. The van der Waals surface area contributed by atoms with Gasteiger partial charge in [0, 0.05) is 12.3 Å². The Morgan fingerprint density at radius 3 is 3.00 bits per heavy atom. The molecule has 0 bridgehead atoms. The van der Waals surface area contributed by atoms with Crippen molar-refractivity contribution in [3.05, 3.63) is 36.0 Å². The average molecular weight is 167 g/mol. The maximum Gasteiger partial charge on any atom is 0.0333 e. The van der Waals surface area contributed by atoms with Crippen LogP contribution in [0.1, 0.15) is 6.92 Å². The van der Waals surface area contributed by atoms with E-state index in [0.717, 1.165) is 12.3 Å². The van der Waals surface area contributed by atoms with Gasteiger partial charge in [-0.25, -0.2) is 0 Å². The van der Waals surface area contributed by atoms with Crippen LogP contribution in [-0.4, -0.2) is 12.3 Å². The van der Waals surface area contributed by atoms with Crippen LogP contribution in [0.4, 0.5) is 0 Å². The van der Waals surface area contributed by atoms with Crippen LogP contribution >= 0.6 is 11.9 Å². The molecular weight excluding hydrogens is 154 g/mol. The zero-order valence-electron chi connectivity index (χ0n) is 6.76. The second-order valence-corrected chi connectivity index (χ2v) is 3.22. The van der Waals surface area contributed by atoms with Crippen LogP contribution < -0.4 is 4.72 Å². The normalized spacial score (nSPS) is 25.9. The van der Waals surface area contributed by atoms with Gasteiger partial charge in [0.2, 0.25) is 0 Å². The quantitative estimate of drug-likeness (QED) is 0.601. The van der Waals surface area contributed by atoms with Crippen molar-refractivity contribution in [3.8, 4) is 0 Å². The predicted octanol–water partition coefficient (Wildman–Crippen LogP) is 2.30. The lowest BCUT2D eigenvalue weighted by Gasteiger charge is -2.17. The van der Waals surface area contributed by atoms with Crippen LogP contribution in [-0.2, 0) is 0 Å². The summed E-state index contributed by atoms with van der Waals surface area (Å²) in [6, 6.07) is 0. The number of allylic oxidation sites excluding steroid dienone is 3. The Balaban J connectivity index is 2.74. The Morgan fingerprint density at radius 1 is 1.55 bits per heavy atom. The fourth-order valence-electron chi connectivity index (χ4n) is 1.05. The van der Waals surface area contributed by atoms with Crippen molar-refractivity contribution >= 4 is 11.9 Å².